The summed E-state index contributed by atoms with van der Waals surface area (Å²) in [6.07, 6.45) is 1.62. The molecule has 4 nitrogen and oxygen atoms in total. The fourth-order valence-electron chi connectivity index (χ4n) is 1.27. The van der Waals surface area contributed by atoms with Crippen LogP contribution < -0.4 is 15.8 Å². The molecule has 6 heteroatoms. The molecule has 1 heterocycles. The van der Waals surface area contributed by atoms with Gasteiger partial charge in [-0.1, -0.05) is 0 Å². The van der Waals surface area contributed by atoms with Gasteiger partial charge in [-0.2, -0.15) is 0 Å². The third-order valence-electron chi connectivity index (χ3n) is 2.07. The number of ether oxygens (including phenoxy) is 2. The van der Waals surface area contributed by atoms with Crippen LogP contribution in [0.3, 0.4) is 0 Å². The largest absolute Gasteiger partial charge is 0.492 e. The van der Waals surface area contributed by atoms with Gasteiger partial charge in [-0.05, 0) is 24.3 Å². The quantitative estimate of drug-likeness (QED) is 0.642. The van der Waals surface area contributed by atoms with Crippen molar-refractivity contribution in [3.63, 3.8) is 0 Å². The van der Waals surface area contributed by atoms with Crippen molar-refractivity contribution >= 4 is 30.5 Å². The summed E-state index contributed by atoms with van der Waals surface area (Å²) in [7, 11) is 0. The van der Waals surface area contributed by atoms with Crippen molar-refractivity contribution in [3.05, 3.63) is 36.3 Å². The third kappa shape index (κ3) is 5.17. The Kier molecular flexibility index (Phi) is 7.54. The number of rotatable bonds is 2. The van der Waals surface area contributed by atoms with Crippen LogP contribution in [0.2, 0.25) is 0 Å². The molecule has 1 aromatic carbocycles. The van der Waals surface area contributed by atoms with Crippen LogP contribution in [0.5, 0.6) is 5.75 Å². The predicted molar refractivity (Wildman–Crippen MR) is 72.9 cm³/mol. The van der Waals surface area contributed by atoms with E-state index in [1.54, 1.807) is 18.4 Å². The van der Waals surface area contributed by atoms with Crippen LogP contribution in [0.1, 0.15) is 0 Å². The second kappa shape index (κ2) is 8.06. The van der Waals surface area contributed by atoms with Crippen LogP contribution in [0.4, 0.5) is 5.69 Å². The molecule has 3 N–H and O–H groups in total. The van der Waals surface area contributed by atoms with Crippen LogP contribution >= 0.6 is 24.8 Å². The molecule has 1 saturated heterocycles. The van der Waals surface area contributed by atoms with Gasteiger partial charge in [-0.15, -0.1) is 24.8 Å². The van der Waals surface area contributed by atoms with Crippen molar-refractivity contribution in [2.45, 2.75) is 0 Å². The highest BCUT2D eigenvalue weighted by atomic mass is 35.5. The molecule has 0 unspecified atom stereocenters. The smallest absolute Gasteiger partial charge is 0.145 e. The molecule has 0 atom stereocenters. The molecule has 17 heavy (non-hydrogen) atoms. The molecule has 0 aliphatic carbocycles. The van der Waals surface area contributed by atoms with E-state index in [9.17, 15) is 0 Å². The molecule has 96 valence electrons. The first-order valence-corrected chi connectivity index (χ1v) is 4.89. The Morgan fingerprint density at radius 3 is 2.53 bits per heavy atom. The van der Waals surface area contributed by atoms with Crippen LogP contribution in [0.15, 0.2) is 36.3 Å². The predicted octanol–water partition coefficient (Wildman–Crippen LogP) is 1.95. The Labute approximate surface area is 113 Å². The lowest BCUT2D eigenvalue weighted by atomic mass is 10.3. The van der Waals surface area contributed by atoms with Gasteiger partial charge in [0.2, 0.25) is 0 Å². The number of halogens is 2. The lowest BCUT2D eigenvalue weighted by Crippen LogP contribution is -2.29. The van der Waals surface area contributed by atoms with Crippen molar-refractivity contribution in [1.82, 2.24) is 5.32 Å². The van der Waals surface area contributed by atoms with Gasteiger partial charge in [0.05, 0.1) is 6.54 Å². The number of anilines is 1. The molecule has 0 radical (unpaired) electrons. The fourth-order valence-corrected chi connectivity index (χ4v) is 1.27. The summed E-state index contributed by atoms with van der Waals surface area (Å²) in [5.74, 6) is 1.57. The van der Waals surface area contributed by atoms with Crippen molar-refractivity contribution in [2.75, 3.05) is 25.4 Å². The standard InChI is InChI=1S/C11H14N2O2.2ClH/c12-9-1-3-10(4-2-9)15-8-11-7-13-5-6-14-11;;/h1-4,8,13H,5-7,12H2;2*1H. The zero-order valence-electron chi connectivity index (χ0n) is 9.22. The Bertz CT molecular complexity index is 347. The van der Waals surface area contributed by atoms with Crippen molar-refractivity contribution < 1.29 is 9.47 Å². The average molecular weight is 279 g/mol. The summed E-state index contributed by atoms with van der Waals surface area (Å²) >= 11 is 0. The van der Waals surface area contributed by atoms with Gasteiger partial charge >= 0.3 is 0 Å². The monoisotopic (exact) mass is 278 g/mol. The number of benzene rings is 1. The summed E-state index contributed by atoms with van der Waals surface area (Å²) in [6.45, 7) is 2.30. The number of hydrogen-bond acceptors (Lipinski definition) is 4. The highest BCUT2D eigenvalue weighted by Gasteiger charge is 2.04. The Balaban J connectivity index is 0.00000128. The minimum atomic E-state index is 0. The minimum Gasteiger partial charge on any atom is -0.492 e. The van der Waals surface area contributed by atoms with E-state index in [2.05, 4.69) is 5.32 Å². The maximum absolute atomic E-state index is 5.56. The van der Waals surface area contributed by atoms with Crippen LogP contribution in [0, 0.1) is 0 Å². The summed E-state index contributed by atoms with van der Waals surface area (Å²) < 4.78 is 10.8. The summed E-state index contributed by atoms with van der Waals surface area (Å²) in [6, 6.07) is 7.24. The number of morpholine rings is 1. The molecule has 1 aromatic rings. The lowest BCUT2D eigenvalue weighted by Gasteiger charge is -2.16. The summed E-state index contributed by atoms with van der Waals surface area (Å²) in [5, 5.41) is 3.19. The molecule has 0 bridgehead atoms. The first-order valence-electron chi connectivity index (χ1n) is 4.89. The highest BCUT2D eigenvalue weighted by Crippen LogP contribution is 2.14. The van der Waals surface area contributed by atoms with Crippen LogP contribution in [-0.2, 0) is 4.74 Å². The summed E-state index contributed by atoms with van der Waals surface area (Å²) in [4.78, 5) is 0. The van der Waals surface area contributed by atoms with Gasteiger partial charge in [0.1, 0.15) is 24.4 Å². The van der Waals surface area contributed by atoms with Crippen molar-refractivity contribution in [1.29, 1.82) is 0 Å². The number of nitrogens with one attached hydrogen (secondary N) is 1. The topological polar surface area (TPSA) is 56.5 Å². The highest BCUT2D eigenvalue weighted by molar-refractivity contribution is 5.85. The van der Waals surface area contributed by atoms with E-state index in [0.717, 1.165) is 30.3 Å². The van der Waals surface area contributed by atoms with E-state index in [4.69, 9.17) is 15.2 Å². The van der Waals surface area contributed by atoms with E-state index in [0.29, 0.717) is 6.61 Å². The second-order valence-corrected chi connectivity index (χ2v) is 3.30. The van der Waals surface area contributed by atoms with Gasteiger partial charge in [0.15, 0.2) is 0 Å². The molecule has 0 saturated carbocycles. The number of nitrogens with two attached hydrogens (primary N) is 1. The molecule has 1 aliphatic heterocycles. The SMILES string of the molecule is Cl.Cl.Nc1ccc(OC=C2CNCCO2)cc1. The minimum absolute atomic E-state index is 0. The molecular formula is C11H16Cl2N2O2. The summed E-state index contributed by atoms with van der Waals surface area (Å²) in [5.41, 5.74) is 6.29. The Morgan fingerprint density at radius 1 is 1.24 bits per heavy atom. The van der Waals surface area contributed by atoms with Crippen LogP contribution in [-0.4, -0.2) is 19.7 Å². The maximum atomic E-state index is 5.56. The van der Waals surface area contributed by atoms with Gasteiger partial charge < -0.3 is 20.5 Å². The maximum Gasteiger partial charge on any atom is 0.145 e. The Hall–Kier alpha value is -1.10. The molecule has 2 rings (SSSR count). The Morgan fingerprint density at radius 2 is 1.94 bits per heavy atom. The third-order valence-corrected chi connectivity index (χ3v) is 2.07. The molecule has 1 fully saturated rings. The van der Waals surface area contributed by atoms with Gasteiger partial charge in [0, 0.05) is 12.2 Å². The molecule has 0 aromatic heterocycles. The van der Waals surface area contributed by atoms with E-state index < -0.39 is 0 Å². The molecule has 0 spiro atoms. The van der Waals surface area contributed by atoms with Crippen LogP contribution in [0.25, 0.3) is 0 Å². The first kappa shape index (κ1) is 15.9. The zero-order chi connectivity index (χ0) is 10.5. The molecule has 1 aliphatic rings. The lowest BCUT2D eigenvalue weighted by molar-refractivity contribution is 0.168. The van der Waals surface area contributed by atoms with E-state index >= 15 is 0 Å². The number of nitrogen functional groups attached to an aromatic ring is 1. The van der Waals surface area contributed by atoms with Crippen molar-refractivity contribution in [2.24, 2.45) is 0 Å². The van der Waals surface area contributed by atoms with Gasteiger partial charge in [-0.25, -0.2) is 0 Å². The molecule has 0 amide bonds. The van der Waals surface area contributed by atoms with Gasteiger partial charge in [-0.3, -0.25) is 0 Å². The van der Waals surface area contributed by atoms with E-state index in [-0.39, 0.29) is 24.8 Å². The van der Waals surface area contributed by atoms with Crippen molar-refractivity contribution in [3.8, 4) is 5.75 Å². The first-order chi connectivity index (χ1) is 7.34. The van der Waals surface area contributed by atoms with E-state index in [1.807, 2.05) is 12.1 Å². The molecular weight excluding hydrogens is 263 g/mol. The average Bonchev–Trinajstić information content (AvgIpc) is 2.30. The van der Waals surface area contributed by atoms with E-state index in [1.165, 1.54) is 0 Å². The normalized spacial score (nSPS) is 16.4. The number of hydrogen-bond donors (Lipinski definition) is 2. The second-order valence-electron chi connectivity index (χ2n) is 3.30. The fraction of sp³-hybridized carbons (Fsp3) is 0.273. The zero-order valence-corrected chi connectivity index (χ0v) is 10.9. The van der Waals surface area contributed by atoms with Gasteiger partial charge in [0.25, 0.3) is 0 Å².